The summed E-state index contributed by atoms with van der Waals surface area (Å²) in [4.78, 5) is 12.7. The lowest BCUT2D eigenvalue weighted by Crippen LogP contribution is -2.19. The van der Waals surface area contributed by atoms with E-state index in [9.17, 15) is 4.79 Å². The van der Waals surface area contributed by atoms with Crippen LogP contribution in [0.25, 0.3) is 6.08 Å². The summed E-state index contributed by atoms with van der Waals surface area (Å²) >= 11 is 0. The van der Waals surface area contributed by atoms with Crippen molar-refractivity contribution in [3.63, 3.8) is 0 Å². The summed E-state index contributed by atoms with van der Waals surface area (Å²) in [6.45, 7) is 13.4. The first-order valence-electron chi connectivity index (χ1n) is 7.89. The van der Waals surface area contributed by atoms with Gasteiger partial charge in [-0.05, 0) is 42.2 Å². The van der Waals surface area contributed by atoms with Gasteiger partial charge in [0.05, 0.1) is 0 Å². The average molecular weight is 336 g/mol. The zero-order valence-electron chi connectivity index (χ0n) is 14.8. The first-order valence-corrected chi connectivity index (χ1v) is 10.6. The molecule has 0 radical (unpaired) electrons. The van der Waals surface area contributed by atoms with E-state index < -0.39 is 7.92 Å². The number of rotatable bonds is 6. The molecule has 0 saturated heterocycles. The van der Waals surface area contributed by atoms with Crippen molar-refractivity contribution in [2.75, 3.05) is 12.3 Å². The maximum absolute atomic E-state index is 12.7. The smallest absolute Gasteiger partial charge is 0.177 e. The summed E-state index contributed by atoms with van der Waals surface area (Å²) in [6, 6.07) is 10.1. The first kappa shape index (κ1) is 19.5. The maximum Gasteiger partial charge on any atom is 0.177 e. The molecule has 0 aliphatic carbocycles. The Kier molecular flexibility index (Phi) is 7.43. The highest BCUT2D eigenvalue weighted by molar-refractivity contribution is 7.77. The summed E-state index contributed by atoms with van der Waals surface area (Å²) in [5, 5.41) is 0.456. The number of hydrogen-bond donors (Lipinski definition) is 0. The van der Waals surface area contributed by atoms with Gasteiger partial charge in [0, 0.05) is 0 Å². The van der Waals surface area contributed by atoms with E-state index in [-0.39, 0.29) is 5.16 Å². The molecule has 0 saturated carbocycles. The van der Waals surface area contributed by atoms with Crippen LogP contribution in [0.5, 0.6) is 0 Å². The van der Waals surface area contributed by atoms with Crippen molar-refractivity contribution in [3.8, 4) is 0 Å². The van der Waals surface area contributed by atoms with Gasteiger partial charge >= 0.3 is 0 Å². The third-order valence-electron chi connectivity index (χ3n) is 3.28. The van der Waals surface area contributed by atoms with Gasteiger partial charge in [0.25, 0.3) is 0 Å². The topological polar surface area (TPSA) is 17.1 Å². The summed E-state index contributed by atoms with van der Waals surface area (Å²) < 4.78 is 0. The Morgan fingerprint density at radius 1 is 1.09 bits per heavy atom. The van der Waals surface area contributed by atoms with Gasteiger partial charge in [-0.2, -0.15) is 0 Å². The van der Waals surface area contributed by atoms with Crippen LogP contribution in [0.15, 0.2) is 36.4 Å². The van der Waals surface area contributed by atoms with E-state index in [1.165, 1.54) is 0 Å². The highest BCUT2D eigenvalue weighted by Gasteiger charge is 2.29. The summed E-state index contributed by atoms with van der Waals surface area (Å²) in [6.07, 6.45) is 5.96. The van der Waals surface area contributed by atoms with E-state index in [0.29, 0.717) is 10.7 Å². The fourth-order valence-electron chi connectivity index (χ4n) is 2.14. The third-order valence-corrected chi connectivity index (χ3v) is 8.24. The minimum absolute atomic E-state index is 0.0792. The van der Waals surface area contributed by atoms with E-state index in [1.807, 2.05) is 36.4 Å². The van der Waals surface area contributed by atoms with Gasteiger partial charge in [-0.25, -0.2) is 0 Å². The van der Waals surface area contributed by atoms with E-state index >= 15 is 0 Å². The molecule has 0 spiro atoms. The third kappa shape index (κ3) is 7.66. The highest BCUT2D eigenvalue weighted by atomic mass is 31.1. The molecule has 1 aromatic rings. The Morgan fingerprint density at radius 3 is 2.18 bits per heavy atom. The number of carbonyl (C=O) groups is 1. The monoisotopic (exact) mass is 336 g/mol. The molecule has 2 unspecified atom stereocenters. The molecule has 0 aliphatic rings. The molecule has 0 bridgehead atoms. The fourth-order valence-corrected chi connectivity index (χ4v) is 6.04. The van der Waals surface area contributed by atoms with Crippen molar-refractivity contribution in [1.82, 2.24) is 0 Å². The molecule has 1 nitrogen and oxygen atoms in total. The van der Waals surface area contributed by atoms with Crippen LogP contribution in [0.4, 0.5) is 0 Å². The fraction of sp³-hybridized carbons (Fsp3) is 0.526. The van der Waals surface area contributed by atoms with E-state index in [2.05, 4.69) is 41.5 Å². The second kappa shape index (κ2) is 8.37. The van der Waals surface area contributed by atoms with Crippen LogP contribution in [-0.2, 0) is 4.79 Å². The lowest BCUT2D eigenvalue weighted by atomic mass is 10.2. The Hall–Kier alpha value is -0.510. The predicted molar refractivity (Wildman–Crippen MR) is 105 cm³/mol. The van der Waals surface area contributed by atoms with Crippen LogP contribution < -0.4 is 0 Å². The van der Waals surface area contributed by atoms with Crippen molar-refractivity contribution in [3.05, 3.63) is 42.0 Å². The molecule has 0 aromatic heterocycles. The minimum atomic E-state index is -0.631. The molecular weight excluding hydrogens is 306 g/mol. The maximum atomic E-state index is 12.7. The average Bonchev–Trinajstić information content (AvgIpc) is 2.39. The van der Waals surface area contributed by atoms with Gasteiger partial charge in [0.15, 0.2) is 5.52 Å². The quantitative estimate of drug-likeness (QED) is 0.461. The zero-order valence-corrected chi connectivity index (χ0v) is 16.7. The summed E-state index contributed by atoms with van der Waals surface area (Å²) in [5.41, 5.74) is 1.42. The van der Waals surface area contributed by atoms with E-state index in [0.717, 1.165) is 26.5 Å². The number of allylic oxidation sites excluding steroid dienone is 1. The summed E-state index contributed by atoms with van der Waals surface area (Å²) in [5.74, 6) is 0. The van der Waals surface area contributed by atoms with Gasteiger partial charge in [0.2, 0.25) is 0 Å². The van der Waals surface area contributed by atoms with Crippen molar-refractivity contribution >= 4 is 28.1 Å². The molecule has 3 heteroatoms. The number of hydrogen-bond acceptors (Lipinski definition) is 1. The van der Waals surface area contributed by atoms with Gasteiger partial charge in [-0.3, -0.25) is 4.79 Å². The molecular formula is C19H30OP2. The second-order valence-electron chi connectivity index (χ2n) is 7.58. The van der Waals surface area contributed by atoms with E-state index in [4.69, 9.17) is 0 Å². The lowest BCUT2D eigenvalue weighted by molar-refractivity contribution is -0.107. The van der Waals surface area contributed by atoms with Crippen molar-refractivity contribution < 1.29 is 4.79 Å². The molecule has 0 aliphatic heterocycles. The van der Waals surface area contributed by atoms with Crippen molar-refractivity contribution in [2.45, 2.75) is 51.9 Å². The van der Waals surface area contributed by atoms with Crippen LogP contribution in [0.3, 0.4) is 0 Å². The molecule has 0 heterocycles. The Labute approximate surface area is 139 Å². The van der Waals surface area contributed by atoms with E-state index in [1.54, 1.807) is 6.08 Å². The molecule has 22 heavy (non-hydrogen) atoms. The van der Waals surface area contributed by atoms with Gasteiger partial charge in [-0.1, -0.05) is 78.0 Å². The van der Waals surface area contributed by atoms with Gasteiger partial charge in [-0.15, -0.1) is 8.58 Å². The molecule has 0 fully saturated rings. The van der Waals surface area contributed by atoms with Crippen LogP contribution in [0.1, 0.15) is 47.1 Å². The predicted octanol–water partition coefficient (Wildman–Crippen LogP) is 5.98. The normalized spacial score (nSPS) is 14.8. The molecule has 1 aromatic carbocycles. The molecule has 122 valence electrons. The van der Waals surface area contributed by atoms with Gasteiger partial charge < -0.3 is 0 Å². The largest absolute Gasteiger partial charge is 0.290 e. The van der Waals surface area contributed by atoms with Crippen LogP contribution in [-0.4, -0.2) is 28.2 Å². The molecule has 0 N–H and O–H groups in total. The number of benzene rings is 1. The van der Waals surface area contributed by atoms with Crippen LogP contribution in [0, 0.1) is 0 Å². The first-order chi connectivity index (χ1) is 10.1. The molecule has 2 atom stereocenters. The van der Waals surface area contributed by atoms with Crippen molar-refractivity contribution in [1.29, 1.82) is 0 Å². The van der Waals surface area contributed by atoms with Crippen LogP contribution in [0.2, 0.25) is 0 Å². The standard InChI is InChI=1S/C19H30OP2/c1-18(2,3)21-14-15-22(19(4,5)6)17(20)13-12-16-10-8-7-9-11-16/h7-13,21H,14-15H2,1-6H3/b13-12+. The Balaban J connectivity index is 2.71. The minimum Gasteiger partial charge on any atom is -0.290 e. The number of carbonyl (C=O) groups excluding carboxylic acids is 1. The summed E-state index contributed by atoms with van der Waals surface area (Å²) in [7, 11) is 0.290. The Morgan fingerprint density at radius 2 is 1.68 bits per heavy atom. The molecule has 0 amide bonds. The lowest BCUT2D eigenvalue weighted by Gasteiger charge is -2.30. The second-order valence-corrected chi connectivity index (χ2v) is 13.0. The zero-order chi connectivity index (χ0) is 16.8. The Bertz CT molecular complexity index is 492. The van der Waals surface area contributed by atoms with Gasteiger partial charge in [0.1, 0.15) is 0 Å². The molecule has 1 rings (SSSR count). The van der Waals surface area contributed by atoms with Crippen LogP contribution >= 0.6 is 16.5 Å². The van der Waals surface area contributed by atoms with Crippen molar-refractivity contribution in [2.24, 2.45) is 0 Å². The SMILES string of the molecule is CC(C)(C)PCCP(C(=O)/C=C/c1ccccc1)C(C)(C)C. The highest BCUT2D eigenvalue weighted by Crippen LogP contribution is 2.51.